The minimum Gasteiger partial charge on any atom is -0.479 e. The second-order valence-corrected chi connectivity index (χ2v) is 4.51. The summed E-state index contributed by atoms with van der Waals surface area (Å²) in [5.74, 6) is -0.779. The van der Waals surface area contributed by atoms with E-state index in [2.05, 4.69) is 13.8 Å². The van der Waals surface area contributed by atoms with Crippen LogP contribution in [0.1, 0.15) is 46.5 Å². The van der Waals surface area contributed by atoms with E-state index in [1.165, 1.54) is 6.92 Å². The highest BCUT2D eigenvalue weighted by molar-refractivity contribution is 5.76. The quantitative estimate of drug-likeness (QED) is 0.638. The molecule has 0 aliphatic rings. The first kappa shape index (κ1) is 15.4. The summed E-state index contributed by atoms with van der Waals surface area (Å²) in [6, 6.07) is 0. The maximum Gasteiger partial charge on any atom is 0.337 e. The van der Waals surface area contributed by atoms with Gasteiger partial charge in [0.1, 0.15) is 0 Å². The number of carbonyl (C=O) groups is 1. The van der Waals surface area contributed by atoms with Crippen molar-refractivity contribution in [3.8, 4) is 0 Å². The third kappa shape index (κ3) is 6.08. The smallest absolute Gasteiger partial charge is 0.337 e. The van der Waals surface area contributed by atoms with E-state index >= 15 is 0 Å². The van der Waals surface area contributed by atoms with Gasteiger partial charge in [0.2, 0.25) is 0 Å². The Hall–Kier alpha value is -0.610. The molecular formula is C12H24O4. The first-order valence-electron chi connectivity index (χ1n) is 5.97. The third-order valence-electron chi connectivity index (χ3n) is 2.74. The van der Waals surface area contributed by atoms with Crippen LogP contribution in [0.3, 0.4) is 0 Å². The van der Waals surface area contributed by atoms with Crippen molar-refractivity contribution in [1.82, 2.24) is 0 Å². The van der Waals surface area contributed by atoms with E-state index in [0.29, 0.717) is 12.5 Å². The summed E-state index contributed by atoms with van der Waals surface area (Å²) in [5, 5.41) is 18.1. The monoisotopic (exact) mass is 232 g/mol. The van der Waals surface area contributed by atoms with Crippen LogP contribution < -0.4 is 0 Å². The Labute approximate surface area is 97.6 Å². The highest BCUT2D eigenvalue weighted by atomic mass is 16.5. The molecule has 0 amide bonds. The number of ether oxygens (including phenoxy) is 1. The van der Waals surface area contributed by atoms with E-state index in [9.17, 15) is 9.90 Å². The van der Waals surface area contributed by atoms with Gasteiger partial charge in [-0.15, -0.1) is 0 Å². The molecule has 0 aliphatic heterocycles. The number of hydrogen-bond donors (Lipinski definition) is 2. The summed E-state index contributed by atoms with van der Waals surface area (Å²) in [5.41, 5.74) is -1.77. The topological polar surface area (TPSA) is 66.8 Å². The molecule has 2 unspecified atom stereocenters. The lowest BCUT2D eigenvalue weighted by Gasteiger charge is -2.20. The van der Waals surface area contributed by atoms with Crippen molar-refractivity contribution < 1.29 is 19.7 Å². The zero-order valence-corrected chi connectivity index (χ0v) is 10.5. The average molecular weight is 232 g/mol. The van der Waals surface area contributed by atoms with Crippen LogP contribution in [0.5, 0.6) is 0 Å². The molecule has 4 heteroatoms. The largest absolute Gasteiger partial charge is 0.479 e. The lowest BCUT2D eigenvalue weighted by molar-refractivity contribution is -0.163. The first-order valence-corrected chi connectivity index (χ1v) is 5.97. The maximum atomic E-state index is 10.6. The van der Waals surface area contributed by atoms with E-state index in [0.717, 1.165) is 25.7 Å². The molecule has 16 heavy (non-hydrogen) atoms. The van der Waals surface area contributed by atoms with Crippen LogP contribution in [0.4, 0.5) is 0 Å². The van der Waals surface area contributed by atoms with E-state index in [-0.39, 0.29) is 6.61 Å². The highest BCUT2D eigenvalue weighted by Gasteiger charge is 2.30. The second kappa shape index (κ2) is 7.63. The van der Waals surface area contributed by atoms with Crippen LogP contribution >= 0.6 is 0 Å². The zero-order chi connectivity index (χ0) is 12.6. The van der Waals surface area contributed by atoms with Gasteiger partial charge in [-0.1, -0.05) is 33.1 Å². The van der Waals surface area contributed by atoms with Gasteiger partial charge in [-0.2, -0.15) is 0 Å². The van der Waals surface area contributed by atoms with E-state index < -0.39 is 11.6 Å². The first-order chi connectivity index (χ1) is 7.44. The third-order valence-corrected chi connectivity index (χ3v) is 2.74. The highest BCUT2D eigenvalue weighted by Crippen LogP contribution is 2.14. The van der Waals surface area contributed by atoms with Crippen molar-refractivity contribution in [2.75, 3.05) is 13.2 Å². The molecule has 2 atom stereocenters. The van der Waals surface area contributed by atoms with Crippen molar-refractivity contribution in [1.29, 1.82) is 0 Å². The Morgan fingerprint density at radius 3 is 2.50 bits per heavy atom. The van der Waals surface area contributed by atoms with Crippen LogP contribution in [0.25, 0.3) is 0 Å². The summed E-state index contributed by atoms with van der Waals surface area (Å²) in [6.07, 6.45) is 4.44. The minimum absolute atomic E-state index is 0.148. The number of carboxylic acids is 1. The van der Waals surface area contributed by atoms with Gasteiger partial charge in [0, 0.05) is 6.61 Å². The van der Waals surface area contributed by atoms with Crippen molar-refractivity contribution >= 4 is 5.97 Å². The average Bonchev–Trinajstić information content (AvgIpc) is 2.22. The number of carboxylic acid groups (broad SMARTS) is 1. The van der Waals surface area contributed by atoms with Crippen molar-refractivity contribution in [2.45, 2.75) is 52.1 Å². The molecule has 0 aromatic rings. The molecular weight excluding hydrogens is 208 g/mol. The van der Waals surface area contributed by atoms with Gasteiger partial charge in [0.15, 0.2) is 5.60 Å². The van der Waals surface area contributed by atoms with Gasteiger partial charge < -0.3 is 14.9 Å². The predicted octanol–water partition coefficient (Wildman–Crippen LogP) is 2.06. The molecule has 0 saturated heterocycles. The number of rotatable bonds is 9. The van der Waals surface area contributed by atoms with Crippen molar-refractivity contribution in [2.24, 2.45) is 5.92 Å². The van der Waals surface area contributed by atoms with Crippen LogP contribution in [-0.4, -0.2) is 35.0 Å². The number of aliphatic hydroxyl groups is 1. The molecule has 0 fully saturated rings. The van der Waals surface area contributed by atoms with Crippen LogP contribution in [0, 0.1) is 5.92 Å². The van der Waals surface area contributed by atoms with Crippen molar-refractivity contribution in [3.05, 3.63) is 0 Å². The Morgan fingerprint density at radius 2 is 2.06 bits per heavy atom. The molecule has 0 saturated carbocycles. The lowest BCUT2D eigenvalue weighted by atomic mass is 10.0. The molecule has 0 aromatic heterocycles. The molecule has 0 aromatic carbocycles. The van der Waals surface area contributed by atoms with Crippen LogP contribution in [-0.2, 0) is 9.53 Å². The van der Waals surface area contributed by atoms with Crippen LogP contribution in [0.2, 0.25) is 0 Å². The van der Waals surface area contributed by atoms with Gasteiger partial charge in [-0.05, 0) is 19.3 Å². The van der Waals surface area contributed by atoms with Gasteiger partial charge in [-0.3, -0.25) is 0 Å². The van der Waals surface area contributed by atoms with Gasteiger partial charge in [0.25, 0.3) is 0 Å². The Balaban J connectivity index is 3.81. The molecule has 96 valence electrons. The molecule has 0 bridgehead atoms. The summed E-state index contributed by atoms with van der Waals surface area (Å²) < 4.78 is 5.28. The molecule has 0 aliphatic carbocycles. The normalized spacial score (nSPS) is 16.8. The van der Waals surface area contributed by atoms with Gasteiger partial charge in [0.05, 0.1) is 6.61 Å². The fourth-order valence-corrected chi connectivity index (χ4v) is 1.38. The summed E-state index contributed by atoms with van der Waals surface area (Å²) in [7, 11) is 0. The van der Waals surface area contributed by atoms with Gasteiger partial charge in [-0.25, -0.2) is 4.79 Å². The number of aliphatic carboxylic acids is 1. The van der Waals surface area contributed by atoms with Crippen molar-refractivity contribution in [3.63, 3.8) is 0 Å². The fraction of sp³-hybridized carbons (Fsp3) is 0.917. The maximum absolute atomic E-state index is 10.6. The number of unbranched alkanes of at least 4 members (excludes halogenated alkanes) is 1. The fourth-order valence-electron chi connectivity index (χ4n) is 1.38. The lowest BCUT2D eigenvalue weighted by Crippen LogP contribution is -2.40. The molecule has 0 radical (unpaired) electrons. The Kier molecular flexibility index (Phi) is 7.34. The van der Waals surface area contributed by atoms with E-state index in [1.807, 2.05) is 0 Å². The van der Waals surface area contributed by atoms with E-state index in [1.54, 1.807) is 0 Å². The Bertz CT molecular complexity index is 201. The summed E-state index contributed by atoms with van der Waals surface area (Å²) in [6.45, 7) is 5.87. The van der Waals surface area contributed by atoms with E-state index in [4.69, 9.17) is 9.84 Å². The SMILES string of the molecule is CCCCC(CC)COCC(C)(O)C(=O)O. The standard InChI is InChI=1S/C12H24O4/c1-4-6-7-10(5-2)8-16-9-12(3,15)11(13)14/h10,15H,4-9H2,1-3H3,(H,13,14). The summed E-state index contributed by atoms with van der Waals surface area (Å²) in [4.78, 5) is 10.6. The molecule has 2 N–H and O–H groups in total. The van der Waals surface area contributed by atoms with Crippen LogP contribution in [0.15, 0.2) is 0 Å². The number of hydrogen-bond acceptors (Lipinski definition) is 3. The Morgan fingerprint density at radius 1 is 1.44 bits per heavy atom. The molecule has 4 nitrogen and oxygen atoms in total. The zero-order valence-electron chi connectivity index (χ0n) is 10.5. The second-order valence-electron chi connectivity index (χ2n) is 4.51. The predicted molar refractivity (Wildman–Crippen MR) is 62.4 cm³/mol. The molecule has 0 spiro atoms. The summed E-state index contributed by atoms with van der Waals surface area (Å²) >= 11 is 0. The van der Waals surface area contributed by atoms with Gasteiger partial charge >= 0.3 is 5.97 Å². The molecule has 0 rings (SSSR count). The molecule has 0 heterocycles. The minimum atomic E-state index is -1.77.